The monoisotopic (exact) mass is 283 g/mol. The van der Waals surface area contributed by atoms with Crippen LogP contribution in [0.1, 0.15) is 28.7 Å². The van der Waals surface area contributed by atoms with Crippen LogP contribution in [0.4, 0.5) is 0 Å². The summed E-state index contributed by atoms with van der Waals surface area (Å²) in [6.07, 6.45) is 1.93. The Kier molecular flexibility index (Phi) is 3.25. The summed E-state index contributed by atoms with van der Waals surface area (Å²) in [5.74, 6) is -0.896. The van der Waals surface area contributed by atoms with Gasteiger partial charge >= 0.3 is 5.97 Å². The molecule has 1 aromatic carbocycles. The van der Waals surface area contributed by atoms with Gasteiger partial charge < -0.3 is 9.67 Å². The predicted octanol–water partition coefficient (Wildman–Crippen LogP) is 2.91. The van der Waals surface area contributed by atoms with Gasteiger partial charge in [-0.05, 0) is 38.1 Å². The van der Waals surface area contributed by atoms with E-state index in [1.54, 1.807) is 12.1 Å². The zero-order chi connectivity index (χ0) is 15.0. The van der Waals surface area contributed by atoms with E-state index in [4.69, 9.17) is 0 Å². The largest absolute Gasteiger partial charge is 0.478 e. The third kappa shape index (κ3) is 2.31. The Hall–Kier alpha value is -2.56. The zero-order valence-corrected chi connectivity index (χ0v) is 12.1. The maximum absolute atomic E-state index is 11.3. The summed E-state index contributed by atoms with van der Waals surface area (Å²) < 4.78 is 4.03. The van der Waals surface area contributed by atoms with Crippen LogP contribution in [0.5, 0.6) is 0 Å². The maximum Gasteiger partial charge on any atom is 0.336 e. The van der Waals surface area contributed by atoms with Gasteiger partial charge in [0.15, 0.2) is 0 Å². The van der Waals surface area contributed by atoms with Gasteiger partial charge in [0.25, 0.3) is 0 Å². The van der Waals surface area contributed by atoms with E-state index in [0.717, 1.165) is 28.8 Å². The Labute approximate surface area is 122 Å². The molecule has 0 fully saturated rings. The van der Waals surface area contributed by atoms with Crippen molar-refractivity contribution in [3.63, 3.8) is 0 Å². The van der Waals surface area contributed by atoms with Gasteiger partial charge in [0, 0.05) is 23.6 Å². The highest BCUT2D eigenvalue weighted by molar-refractivity contribution is 6.02. The first kappa shape index (κ1) is 13.4. The van der Waals surface area contributed by atoms with E-state index >= 15 is 0 Å². The van der Waals surface area contributed by atoms with Crippen molar-refractivity contribution < 1.29 is 9.90 Å². The first-order chi connectivity index (χ1) is 10.1. The first-order valence-electron chi connectivity index (χ1n) is 6.94. The van der Waals surface area contributed by atoms with Crippen LogP contribution in [0, 0.1) is 6.92 Å². The number of hydrogen-bond acceptors (Lipinski definition) is 2. The Bertz CT molecular complexity index is 814. The second-order valence-electron chi connectivity index (χ2n) is 5.08. The fourth-order valence-electron chi connectivity index (χ4n) is 2.72. The van der Waals surface area contributed by atoms with Crippen molar-refractivity contribution in [1.82, 2.24) is 14.3 Å². The van der Waals surface area contributed by atoms with E-state index in [1.807, 2.05) is 29.9 Å². The predicted molar refractivity (Wildman–Crippen MR) is 80.6 cm³/mol. The number of aromatic carboxylic acids is 1. The van der Waals surface area contributed by atoms with E-state index in [-0.39, 0.29) is 0 Å². The molecule has 5 nitrogen and oxygen atoms in total. The van der Waals surface area contributed by atoms with Crippen molar-refractivity contribution in [3.8, 4) is 0 Å². The number of hydrogen-bond donors (Lipinski definition) is 1. The maximum atomic E-state index is 11.3. The fourth-order valence-corrected chi connectivity index (χ4v) is 2.72. The average Bonchev–Trinajstić information content (AvgIpc) is 3.02. The minimum Gasteiger partial charge on any atom is -0.478 e. The van der Waals surface area contributed by atoms with Crippen LogP contribution in [-0.2, 0) is 13.1 Å². The molecular formula is C16H17N3O2. The van der Waals surface area contributed by atoms with E-state index in [1.165, 1.54) is 0 Å². The summed E-state index contributed by atoms with van der Waals surface area (Å²) in [6, 6.07) is 9.29. The molecule has 0 radical (unpaired) electrons. The molecule has 0 bridgehead atoms. The van der Waals surface area contributed by atoms with Crippen LogP contribution >= 0.6 is 0 Å². The van der Waals surface area contributed by atoms with E-state index in [2.05, 4.69) is 22.7 Å². The van der Waals surface area contributed by atoms with Crippen LogP contribution in [0.15, 0.2) is 36.5 Å². The molecule has 0 aliphatic rings. The van der Waals surface area contributed by atoms with Crippen LogP contribution in [-0.4, -0.2) is 25.4 Å². The number of aryl methyl sites for hydroxylation is 2. The molecule has 3 aromatic rings. The van der Waals surface area contributed by atoms with Gasteiger partial charge in [-0.1, -0.05) is 6.07 Å². The van der Waals surface area contributed by atoms with E-state index in [9.17, 15) is 9.90 Å². The molecule has 21 heavy (non-hydrogen) atoms. The third-order valence-electron chi connectivity index (χ3n) is 3.66. The number of carboxylic acid groups (broad SMARTS) is 1. The first-order valence-corrected chi connectivity index (χ1v) is 6.94. The molecule has 2 heterocycles. The number of carboxylic acids is 1. The summed E-state index contributed by atoms with van der Waals surface area (Å²) >= 11 is 0. The molecule has 0 unspecified atom stereocenters. The molecule has 5 heteroatoms. The lowest BCUT2D eigenvalue weighted by Crippen LogP contribution is -2.07. The summed E-state index contributed by atoms with van der Waals surface area (Å²) in [4.78, 5) is 11.3. The fraction of sp³-hybridized carbons (Fsp3) is 0.250. The quantitative estimate of drug-likeness (QED) is 0.801. The second kappa shape index (κ2) is 5.09. The van der Waals surface area contributed by atoms with Crippen LogP contribution in [0.3, 0.4) is 0 Å². The van der Waals surface area contributed by atoms with Crippen molar-refractivity contribution in [1.29, 1.82) is 0 Å². The number of rotatable bonds is 4. The number of fused-ring (bicyclic) bond motifs is 1. The Morgan fingerprint density at radius 3 is 2.86 bits per heavy atom. The number of benzene rings is 1. The number of aromatic nitrogens is 3. The molecule has 3 rings (SSSR count). The highest BCUT2D eigenvalue weighted by Crippen LogP contribution is 2.21. The van der Waals surface area contributed by atoms with Gasteiger partial charge in [-0.15, -0.1) is 0 Å². The Balaban J connectivity index is 2.05. The summed E-state index contributed by atoms with van der Waals surface area (Å²) in [6.45, 7) is 5.54. The van der Waals surface area contributed by atoms with Gasteiger partial charge in [0.2, 0.25) is 0 Å². The lowest BCUT2D eigenvalue weighted by Gasteiger charge is -2.08. The lowest BCUT2D eigenvalue weighted by molar-refractivity contribution is 0.0699. The molecule has 0 saturated carbocycles. The zero-order valence-electron chi connectivity index (χ0n) is 12.1. The van der Waals surface area contributed by atoms with Gasteiger partial charge in [0.05, 0.1) is 23.5 Å². The van der Waals surface area contributed by atoms with E-state index < -0.39 is 5.97 Å². The molecule has 0 aliphatic heterocycles. The lowest BCUT2D eigenvalue weighted by atomic mass is 10.1. The van der Waals surface area contributed by atoms with Gasteiger partial charge in [0.1, 0.15) is 0 Å². The molecule has 108 valence electrons. The SMILES string of the molecule is CCn1nc(C)cc1Cn1ccc2c(C(=O)O)cccc21. The number of nitrogens with zero attached hydrogens (tertiary/aromatic N) is 3. The van der Waals surface area contributed by atoms with Crippen molar-refractivity contribution in [2.24, 2.45) is 0 Å². The van der Waals surface area contributed by atoms with E-state index in [0.29, 0.717) is 12.1 Å². The number of carbonyl (C=O) groups is 1. The molecule has 1 N–H and O–H groups in total. The topological polar surface area (TPSA) is 60.0 Å². The molecule has 0 saturated heterocycles. The third-order valence-corrected chi connectivity index (χ3v) is 3.66. The smallest absolute Gasteiger partial charge is 0.336 e. The van der Waals surface area contributed by atoms with Crippen LogP contribution in [0.2, 0.25) is 0 Å². The normalized spacial score (nSPS) is 11.1. The standard InChI is InChI=1S/C16H17N3O2/c1-3-19-12(9-11(2)17-19)10-18-8-7-13-14(16(20)21)5-4-6-15(13)18/h4-9H,3,10H2,1-2H3,(H,20,21). The molecule has 2 aromatic heterocycles. The second-order valence-corrected chi connectivity index (χ2v) is 5.08. The van der Waals surface area contributed by atoms with Gasteiger partial charge in [-0.2, -0.15) is 5.10 Å². The van der Waals surface area contributed by atoms with Crippen LogP contribution < -0.4 is 0 Å². The molecular weight excluding hydrogens is 266 g/mol. The highest BCUT2D eigenvalue weighted by Gasteiger charge is 2.12. The molecule has 0 atom stereocenters. The summed E-state index contributed by atoms with van der Waals surface area (Å²) in [5.41, 5.74) is 3.38. The van der Waals surface area contributed by atoms with Crippen molar-refractivity contribution in [2.75, 3.05) is 0 Å². The molecule has 0 spiro atoms. The van der Waals surface area contributed by atoms with Crippen molar-refractivity contribution in [2.45, 2.75) is 26.9 Å². The van der Waals surface area contributed by atoms with Gasteiger partial charge in [-0.25, -0.2) is 4.79 Å². The average molecular weight is 283 g/mol. The molecule has 0 amide bonds. The molecule has 0 aliphatic carbocycles. The summed E-state index contributed by atoms with van der Waals surface area (Å²) in [5, 5.41) is 14.5. The minimum absolute atomic E-state index is 0.339. The van der Waals surface area contributed by atoms with Gasteiger partial charge in [-0.3, -0.25) is 4.68 Å². The van der Waals surface area contributed by atoms with Crippen molar-refractivity contribution in [3.05, 3.63) is 53.5 Å². The highest BCUT2D eigenvalue weighted by atomic mass is 16.4. The van der Waals surface area contributed by atoms with Crippen molar-refractivity contribution >= 4 is 16.9 Å². The summed E-state index contributed by atoms with van der Waals surface area (Å²) in [7, 11) is 0. The Morgan fingerprint density at radius 1 is 1.33 bits per heavy atom. The van der Waals surface area contributed by atoms with Crippen LogP contribution in [0.25, 0.3) is 10.9 Å². The Morgan fingerprint density at radius 2 is 2.14 bits per heavy atom. The minimum atomic E-state index is -0.896.